The van der Waals surface area contributed by atoms with Gasteiger partial charge in [-0.05, 0) is 17.7 Å². The van der Waals surface area contributed by atoms with Crippen LogP contribution in [0.5, 0.6) is 5.75 Å². The molecule has 1 aromatic rings. The zero-order valence-corrected chi connectivity index (χ0v) is 9.49. The zero-order chi connectivity index (χ0) is 11.9. The van der Waals surface area contributed by atoms with Crippen molar-refractivity contribution in [2.45, 2.75) is 5.60 Å². The molecule has 0 radical (unpaired) electrons. The number of carbonyl (C=O) groups is 1. The number of ether oxygens (including phenoxy) is 3. The second-order valence-electron chi connectivity index (χ2n) is 4.24. The van der Waals surface area contributed by atoms with Crippen LogP contribution in [0.1, 0.15) is 5.56 Å². The van der Waals surface area contributed by atoms with Crippen molar-refractivity contribution in [3.8, 4) is 5.75 Å². The Kier molecular flexibility index (Phi) is 2.31. The van der Waals surface area contributed by atoms with E-state index < -0.39 is 0 Å². The topological polar surface area (TPSA) is 56.8 Å². The highest BCUT2D eigenvalue weighted by atomic mass is 16.6. The van der Waals surface area contributed by atoms with Gasteiger partial charge in [0.2, 0.25) is 0 Å². The van der Waals surface area contributed by atoms with E-state index in [4.69, 9.17) is 14.2 Å². The molecule has 0 unspecified atom stereocenters. The molecule has 0 spiro atoms. The number of benzene rings is 1. The van der Waals surface area contributed by atoms with Crippen molar-refractivity contribution in [3.63, 3.8) is 0 Å². The summed E-state index contributed by atoms with van der Waals surface area (Å²) in [5.74, 6) is 0.561. The molecule has 1 amide bonds. The third kappa shape index (κ3) is 1.59. The number of hydrogen-bond donors (Lipinski definition) is 1. The fourth-order valence-electron chi connectivity index (χ4n) is 2.06. The van der Waals surface area contributed by atoms with Crippen molar-refractivity contribution in [1.82, 2.24) is 0 Å². The van der Waals surface area contributed by atoms with Crippen LogP contribution in [0.3, 0.4) is 0 Å². The van der Waals surface area contributed by atoms with Crippen molar-refractivity contribution in [2.75, 3.05) is 32.2 Å². The molecule has 1 aromatic carbocycles. The molecule has 1 saturated heterocycles. The number of anilines is 1. The van der Waals surface area contributed by atoms with Gasteiger partial charge >= 0.3 is 0 Å². The highest BCUT2D eigenvalue weighted by Gasteiger charge is 2.41. The maximum Gasteiger partial charge on any atom is 0.262 e. The molecule has 1 fully saturated rings. The molecule has 2 heterocycles. The lowest BCUT2D eigenvalue weighted by molar-refractivity contribution is -0.202. The first kappa shape index (κ1) is 10.6. The van der Waals surface area contributed by atoms with Gasteiger partial charge in [0.1, 0.15) is 11.4 Å². The monoisotopic (exact) mass is 235 g/mol. The van der Waals surface area contributed by atoms with Gasteiger partial charge in [-0.1, -0.05) is 6.07 Å². The molecule has 0 aromatic heterocycles. The molecule has 17 heavy (non-hydrogen) atoms. The normalized spacial score (nSPS) is 20.9. The second-order valence-corrected chi connectivity index (χ2v) is 4.24. The molecule has 5 heteroatoms. The molecule has 1 N–H and O–H groups in total. The minimum Gasteiger partial charge on any atom is -0.482 e. The Hall–Kier alpha value is -1.59. The molecule has 2 aliphatic heterocycles. The molecular weight excluding hydrogens is 222 g/mol. The average molecular weight is 235 g/mol. The van der Waals surface area contributed by atoms with Crippen LogP contribution < -0.4 is 10.1 Å². The molecule has 2 aliphatic rings. The highest BCUT2D eigenvalue weighted by Crippen LogP contribution is 2.37. The Morgan fingerprint density at radius 1 is 1.41 bits per heavy atom. The SMILES string of the molecule is COC1(c2ccc3c(c2)NC(=O)CO3)COC1. The lowest BCUT2D eigenvalue weighted by atomic mass is 9.91. The van der Waals surface area contributed by atoms with Crippen molar-refractivity contribution >= 4 is 11.6 Å². The summed E-state index contributed by atoms with van der Waals surface area (Å²) in [6, 6.07) is 5.68. The van der Waals surface area contributed by atoms with Gasteiger partial charge in [0.15, 0.2) is 6.61 Å². The standard InChI is InChI=1S/C12H13NO4/c1-15-12(6-16-7-12)8-2-3-10-9(4-8)13-11(14)5-17-10/h2-4H,5-7H2,1H3,(H,13,14). The summed E-state index contributed by atoms with van der Waals surface area (Å²) in [7, 11) is 1.66. The number of hydrogen-bond acceptors (Lipinski definition) is 4. The molecule has 0 atom stereocenters. The molecule has 3 rings (SSSR count). The highest BCUT2D eigenvalue weighted by molar-refractivity contribution is 5.95. The van der Waals surface area contributed by atoms with Crippen molar-refractivity contribution in [1.29, 1.82) is 0 Å². The lowest BCUT2D eigenvalue weighted by Crippen LogP contribution is -2.48. The van der Waals surface area contributed by atoms with Gasteiger partial charge in [-0.25, -0.2) is 0 Å². The van der Waals surface area contributed by atoms with Crippen molar-refractivity contribution in [2.24, 2.45) is 0 Å². The number of carbonyl (C=O) groups excluding carboxylic acids is 1. The van der Waals surface area contributed by atoms with Gasteiger partial charge in [-0.2, -0.15) is 0 Å². The Morgan fingerprint density at radius 2 is 2.24 bits per heavy atom. The summed E-state index contributed by atoms with van der Waals surface area (Å²) in [5.41, 5.74) is 1.31. The first-order valence-corrected chi connectivity index (χ1v) is 5.44. The lowest BCUT2D eigenvalue weighted by Gasteiger charge is -2.40. The predicted octanol–water partition coefficient (Wildman–Crippen LogP) is 0.889. The maximum atomic E-state index is 11.2. The predicted molar refractivity (Wildman–Crippen MR) is 60.1 cm³/mol. The summed E-state index contributed by atoms with van der Waals surface area (Å²) >= 11 is 0. The van der Waals surface area contributed by atoms with E-state index in [2.05, 4.69) is 5.32 Å². The Balaban J connectivity index is 1.97. The second kappa shape index (κ2) is 3.72. The van der Waals surface area contributed by atoms with Gasteiger partial charge in [0.05, 0.1) is 18.9 Å². The summed E-state index contributed by atoms with van der Waals surface area (Å²) in [5, 5.41) is 2.78. The molecule has 0 aliphatic carbocycles. The van der Waals surface area contributed by atoms with Crippen LogP contribution in [0, 0.1) is 0 Å². The fraction of sp³-hybridized carbons (Fsp3) is 0.417. The first-order valence-electron chi connectivity index (χ1n) is 5.44. The van der Waals surface area contributed by atoms with E-state index >= 15 is 0 Å². The zero-order valence-electron chi connectivity index (χ0n) is 9.49. The van der Waals surface area contributed by atoms with E-state index in [0.717, 1.165) is 5.56 Å². The van der Waals surface area contributed by atoms with Crippen LogP contribution in [0.4, 0.5) is 5.69 Å². The number of fused-ring (bicyclic) bond motifs is 1. The number of methoxy groups -OCH3 is 1. The van der Waals surface area contributed by atoms with Crippen LogP contribution in [-0.4, -0.2) is 32.8 Å². The Labute approximate surface area is 98.7 Å². The van der Waals surface area contributed by atoms with Gasteiger partial charge < -0.3 is 19.5 Å². The van der Waals surface area contributed by atoms with E-state index in [1.807, 2.05) is 18.2 Å². The van der Waals surface area contributed by atoms with Gasteiger partial charge in [0, 0.05) is 7.11 Å². The molecule has 90 valence electrons. The third-order valence-corrected chi connectivity index (χ3v) is 3.20. The van der Waals surface area contributed by atoms with E-state index in [-0.39, 0.29) is 18.1 Å². The van der Waals surface area contributed by atoms with E-state index in [9.17, 15) is 4.79 Å². The largest absolute Gasteiger partial charge is 0.482 e. The fourth-order valence-corrected chi connectivity index (χ4v) is 2.06. The van der Waals surface area contributed by atoms with Crippen molar-refractivity contribution < 1.29 is 19.0 Å². The summed E-state index contributed by atoms with van der Waals surface area (Å²) < 4.78 is 16.0. The third-order valence-electron chi connectivity index (χ3n) is 3.20. The summed E-state index contributed by atoms with van der Waals surface area (Å²) in [4.78, 5) is 11.2. The van der Waals surface area contributed by atoms with E-state index in [0.29, 0.717) is 24.7 Å². The smallest absolute Gasteiger partial charge is 0.262 e. The molecule has 5 nitrogen and oxygen atoms in total. The number of amides is 1. The number of rotatable bonds is 2. The molecular formula is C12H13NO4. The average Bonchev–Trinajstić information content (AvgIpc) is 2.28. The van der Waals surface area contributed by atoms with Crippen molar-refractivity contribution in [3.05, 3.63) is 23.8 Å². The number of nitrogens with one attached hydrogen (secondary N) is 1. The van der Waals surface area contributed by atoms with Crippen LogP contribution in [0.2, 0.25) is 0 Å². The van der Waals surface area contributed by atoms with Crippen LogP contribution in [0.25, 0.3) is 0 Å². The van der Waals surface area contributed by atoms with Gasteiger partial charge in [-0.3, -0.25) is 4.79 Å². The van der Waals surface area contributed by atoms with Gasteiger partial charge in [-0.15, -0.1) is 0 Å². The van der Waals surface area contributed by atoms with Crippen LogP contribution in [0.15, 0.2) is 18.2 Å². The maximum absolute atomic E-state index is 11.2. The van der Waals surface area contributed by atoms with Gasteiger partial charge in [0.25, 0.3) is 5.91 Å². The van der Waals surface area contributed by atoms with Crippen LogP contribution in [-0.2, 0) is 19.9 Å². The van der Waals surface area contributed by atoms with E-state index in [1.165, 1.54) is 0 Å². The minimum atomic E-state index is -0.378. The van der Waals surface area contributed by atoms with E-state index in [1.54, 1.807) is 7.11 Å². The minimum absolute atomic E-state index is 0.0743. The Bertz CT molecular complexity index is 462. The quantitative estimate of drug-likeness (QED) is 0.827. The first-order chi connectivity index (χ1) is 8.23. The summed E-state index contributed by atoms with van der Waals surface area (Å²) in [6.07, 6.45) is 0. The molecule has 0 saturated carbocycles. The molecule has 0 bridgehead atoms. The summed E-state index contributed by atoms with van der Waals surface area (Å²) in [6.45, 7) is 1.15. The Morgan fingerprint density at radius 3 is 2.88 bits per heavy atom. The van der Waals surface area contributed by atoms with Crippen LogP contribution >= 0.6 is 0 Å².